The van der Waals surface area contributed by atoms with E-state index in [1.165, 1.54) is 0 Å². The van der Waals surface area contributed by atoms with Gasteiger partial charge in [-0.25, -0.2) is 8.78 Å². The quantitative estimate of drug-likeness (QED) is 0.884. The van der Waals surface area contributed by atoms with Crippen molar-refractivity contribution >= 4 is 18.3 Å². The highest BCUT2D eigenvalue weighted by Gasteiger charge is 2.43. The van der Waals surface area contributed by atoms with E-state index in [4.69, 9.17) is 4.74 Å². The van der Waals surface area contributed by atoms with E-state index in [1.807, 2.05) is 38.1 Å². The number of nitrogens with one attached hydrogen (secondary N) is 2. The molecule has 2 aliphatic rings. The van der Waals surface area contributed by atoms with E-state index in [-0.39, 0.29) is 30.5 Å². The smallest absolute Gasteiger partial charge is 0.262 e. The fourth-order valence-electron chi connectivity index (χ4n) is 3.23. The zero-order valence-corrected chi connectivity index (χ0v) is 13.8. The monoisotopic (exact) mass is 346 g/mol. The van der Waals surface area contributed by atoms with Crippen LogP contribution in [0.15, 0.2) is 24.3 Å². The highest BCUT2D eigenvalue weighted by molar-refractivity contribution is 5.85. The lowest BCUT2D eigenvalue weighted by molar-refractivity contribution is -0.124. The zero-order chi connectivity index (χ0) is 15.9. The number of carbonyl (C=O) groups is 1. The number of benzene rings is 1. The number of amides is 1. The van der Waals surface area contributed by atoms with Crippen molar-refractivity contribution in [1.29, 1.82) is 0 Å². The molecule has 2 N–H and O–H groups in total. The first-order valence-corrected chi connectivity index (χ1v) is 7.54. The molecule has 128 valence electrons. The molecular formula is C16H21ClF2N2O2. The van der Waals surface area contributed by atoms with Crippen LogP contribution in [0.5, 0.6) is 5.75 Å². The summed E-state index contributed by atoms with van der Waals surface area (Å²) in [6.45, 7) is 3.44. The second kappa shape index (κ2) is 6.61. The van der Waals surface area contributed by atoms with Crippen LogP contribution in [0.2, 0.25) is 0 Å². The van der Waals surface area contributed by atoms with Crippen LogP contribution in [-0.2, 0) is 4.79 Å². The Morgan fingerprint density at radius 1 is 1.43 bits per heavy atom. The molecule has 4 atom stereocenters. The minimum Gasteiger partial charge on any atom is -0.487 e. The zero-order valence-electron chi connectivity index (χ0n) is 13.0. The Bertz CT molecular complexity index is 585. The van der Waals surface area contributed by atoms with Gasteiger partial charge in [-0.05, 0) is 13.0 Å². The van der Waals surface area contributed by atoms with E-state index in [0.717, 1.165) is 11.3 Å². The molecule has 0 saturated carbocycles. The van der Waals surface area contributed by atoms with Gasteiger partial charge in [0, 0.05) is 17.9 Å². The highest BCUT2D eigenvalue weighted by atomic mass is 35.5. The summed E-state index contributed by atoms with van der Waals surface area (Å²) in [5.41, 5.74) is 1.11. The van der Waals surface area contributed by atoms with E-state index in [0.29, 0.717) is 0 Å². The van der Waals surface area contributed by atoms with Crippen LogP contribution in [0.1, 0.15) is 31.7 Å². The Morgan fingerprint density at radius 2 is 2.13 bits per heavy atom. The number of rotatable bonds is 3. The predicted molar refractivity (Wildman–Crippen MR) is 85.5 cm³/mol. The van der Waals surface area contributed by atoms with Gasteiger partial charge in [-0.3, -0.25) is 10.1 Å². The number of hydrogen-bond acceptors (Lipinski definition) is 3. The maximum atomic E-state index is 13.2. The third kappa shape index (κ3) is 3.58. The summed E-state index contributed by atoms with van der Waals surface area (Å²) >= 11 is 0. The Labute approximate surface area is 140 Å². The van der Waals surface area contributed by atoms with Crippen molar-refractivity contribution < 1.29 is 18.3 Å². The van der Waals surface area contributed by atoms with Crippen LogP contribution in [0.3, 0.4) is 0 Å². The van der Waals surface area contributed by atoms with Gasteiger partial charge in [0.1, 0.15) is 11.9 Å². The van der Waals surface area contributed by atoms with Crippen molar-refractivity contribution in [2.45, 2.75) is 50.3 Å². The van der Waals surface area contributed by atoms with Crippen molar-refractivity contribution in [3.63, 3.8) is 0 Å². The largest absolute Gasteiger partial charge is 0.487 e. The summed E-state index contributed by atoms with van der Waals surface area (Å²) in [7, 11) is 0. The lowest BCUT2D eigenvalue weighted by Crippen LogP contribution is -2.50. The molecule has 0 radical (unpaired) electrons. The van der Waals surface area contributed by atoms with E-state index in [1.54, 1.807) is 0 Å². The number of hydrogen-bond donors (Lipinski definition) is 2. The first-order valence-electron chi connectivity index (χ1n) is 7.54. The summed E-state index contributed by atoms with van der Waals surface area (Å²) in [6.07, 6.45) is -0.643. The number of carbonyl (C=O) groups excluding carboxylic acids is 1. The van der Waals surface area contributed by atoms with Gasteiger partial charge in [-0.1, -0.05) is 25.1 Å². The normalized spacial score (nSPS) is 29.1. The average molecular weight is 347 g/mol. The molecule has 2 aliphatic heterocycles. The number of para-hydroxylation sites is 1. The molecule has 1 aromatic rings. The SMILES string of the molecule is CC(NC(=O)C1CC(F)(F)CN1)C1Oc2ccccc2C1C.Cl. The molecule has 2 heterocycles. The Morgan fingerprint density at radius 3 is 2.74 bits per heavy atom. The summed E-state index contributed by atoms with van der Waals surface area (Å²) in [6, 6.07) is 6.67. The van der Waals surface area contributed by atoms with Gasteiger partial charge in [-0.2, -0.15) is 0 Å². The molecule has 0 aromatic heterocycles. The molecule has 0 aliphatic carbocycles. The standard InChI is InChI=1S/C16H20F2N2O2.ClH/c1-9-11-5-3-4-6-13(11)22-14(9)10(2)20-15(21)12-7-16(17,18)8-19-12;/h3-6,9-10,12,14,19H,7-8H2,1-2H3,(H,20,21);1H. The second-order valence-electron chi connectivity index (χ2n) is 6.20. The predicted octanol–water partition coefficient (Wildman–Crippen LogP) is 2.47. The van der Waals surface area contributed by atoms with Gasteiger partial charge in [0.05, 0.1) is 18.6 Å². The Kier molecular flexibility index (Phi) is 5.16. The minimum atomic E-state index is -2.81. The van der Waals surface area contributed by atoms with Gasteiger partial charge in [-0.15, -0.1) is 12.4 Å². The van der Waals surface area contributed by atoms with Gasteiger partial charge in [0.25, 0.3) is 5.92 Å². The number of alkyl halides is 2. The molecule has 23 heavy (non-hydrogen) atoms. The van der Waals surface area contributed by atoms with Crippen molar-refractivity contribution in [3.05, 3.63) is 29.8 Å². The molecule has 1 amide bonds. The lowest BCUT2D eigenvalue weighted by atomic mass is 9.93. The van der Waals surface area contributed by atoms with E-state index >= 15 is 0 Å². The Hall–Kier alpha value is -1.40. The minimum absolute atomic E-state index is 0. The molecular weight excluding hydrogens is 326 g/mol. The van der Waals surface area contributed by atoms with Crippen molar-refractivity contribution in [1.82, 2.24) is 10.6 Å². The third-order valence-corrected chi connectivity index (χ3v) is 4.45. The first kappa shape index (κ1) is 17.9. The van der Waals surface area contributed by atoms with Crippen LogP contribution in [0.25, 0.3) is 0 Å². The summed E-state index contributed by atoms with van der Waals surface area (Å²) in [4.78, 5) is 12.1. The van der Waals surface area contributed by atoms with Gasteiger partial charge in [0.2, 0.25) is 5.91 Å². The van der Waals surface area contributed by atoms with E-state index in [9.17, 15) is 13.6 Å². The Balaban J connectivity index is 0.00000192. The highest BCUT2D eigenvalue weighted by Crippen LogP contribution is 2.38. The molecule has 3 rings (SSSR count). The molecule has 0 spiro atoms. The van der Waals surface area contributed by atoms with Crippen molar-refractivity contribution in [2.75, 3.05) is 6.54 Å². The number of halogens is 3. The van der Waals surface area contributed by atoms with E-state index in [2.05, 4.69) is 10.6 Å². The van der Waals surface area contributed by atoms with E-state index < -0.39 is 30.8 Å². The van der Waals surface area contributed by atoms with Crippen LogP contribution < -0.4 is 15.4 Å². The lowest BCUT2D eigenvalue weighted by Gasteiger charge is -2.25. The van der Waals surface area contributed by atoms with Crippen LogP contribution in [0, 0.1) is 0 Å². The number of ether oxygens (including phenoxy) is 1. The molecule has 4 unspecified atom stereocenters. The second-order valence-corrected chi connectivity index (χ2v) is 6.20. The fraction of sp³-hybridized carbons (Fsp3) is 0.562. The molecule has 1 saturated heterocycles. The van der Waals surface area contributed by atoms with Crippen LogP contribution in [-0.4, -0.2) is 36.6 Å². The maximum Gasteiger partial charge on any atom is 0.262 e. The topological polar surface area (TPSA) is 50.4 Å². The van der Waals surface area contributed by atoms with Crippen LogP contribution in [0.4, 0.5) is 8.78 Å². The summed E-state index contributed by atoms with van der Waals surface area (Å²) in [5.74, 6) is -2.23. The van der Waals surface area contributed by atoms with Gasteiger partial charge < -0.3 is 10.1 Å². The van der Waals surface area contributed by atoms with Crippen molar-refractivity contribution in [3.8, 4) is 5.75 Å². The molecule has 7 heteroatoms. The fourth-order valence-corrected chi connectivity index (χ4v) is 3.23. The maximum absolute atomic E-state index is 13.2. The van der Waals surface area contributed by atoms with Gasteiger partial charge >= 0.3 is 0 Å². The molecule has 4 nitrogen and oxygen atoms in total. The van der Waals surface area contributed by atoms with Crippen LogP contribution >= 0.6 is 12.4 Å². The average Bonchev–Trinajstić information content (AvgIpc) is 3.00. The summed E-state index contributed by atoms with van der Waals surface area (Å²) < 4.78 is 32.2. The van der Waals surface area contributed by atoms with Gasteiger partial charge in [0.15, 0.2) is 0 Å². The summed E-state index contributed by atoms with van der Waals surface area (Å²) in [5, 5.41) is 5.38. The molecule has 1 aromatic carbocycles. The molecule has 0 bridgehead atoms. The first-order chi connectivity index (χ1) is 10.4. The number of fused-ring (bicyclic) bond motifs is 1. The molecule has 1 fully saturated rings. The van der Waals surface area contributed by atoms with Crippen molar-refractivity contribution in [2.24, 2.45) is 0 Å². The third-order valence-electron chi connectivity index (χ3n) is 4.45.